The molecule has 31 heavy (non-hydrogen) atoms. The third-order valence-electron chi connectivity index (χ3n) is 5.18. The summed E-state index contributed by atoms with van der Waals surface area (Å²) in [5.74, 6) is -2.01. The number of aryl methyl sites for hydroxylation is 1. The maximum absolute atomic E-state index is 14.4. The van der Waals surface area contributed by atoms with E-state index in [0.29, 0.717) is 44.4 Å². The smallest absolute Gasteiger partial charge is 0.304 e. The van der Waals surface area contributed by atoms with Gasteiger partial charge >= 0.3 is 5.97 Å². The predicted molar refractivity (Wildman–Crippen MR) is 120 cm³/mol. The molecule has 0 saturated heterocycles. The van der Waals surface area contributed by atoms with Crippen molar-refractivity contribution < 1.29 is 22.7 Å². The Morgan fingerprint density at radius 1 is 1.19 bits per heavy atom. The molecule has 0 amide bonds. The molecule has 3 aromatic rings. The number of aliphatic carboxylic acids is 1. The molecule has 1 atom stereocenters. The van der Waals surface area contributed by atoms with Gasteiger partial charge in [0.25, 0.3) is 0 Å². The molecule has 0 aliphatic carbocycles. The van der Waals surface area contributed by atoms with Crippen LogP contribution in [0, 0.1) is 5.82 Å². The lowest BCUT2D eigenvalue weighted by Crippen LogP contribution is -2.04. The first-order valence-electron chi connectivity index (χ1n) is 9.07. The lowest BCUT2D eigenvalue weighted by atomic mass is 10.0. The molecule has 2 aromatic carbocycles. The number of sulfone groups is 1. The molecule has 1 aliphatic heterocycles. The van der Waals surface area contributed by atoms with E-state index in [0.717, 1.165) is 12.3 Å². The zero-order valence-corrected chi connectivity index (χ0v) is 19.9. The molecule has 2 heterocycles. The number of hydrogen-bond donors (Lipinski definition) is 1. The zero-order valence-electron chi connectivity index (χ0n) is 16.0. The number of rotatable bonds is 5. The van der Waals surface area contributed by atoms with Gasteiger partial charge in [-0.1, -0.05) is 46.6 Å². The number of benzene rings is 2. The zero-order chi connectivity index (χ0) is 22.7. The third kappa shape index (κ3) is 4.16. The highest BCUT2D eigenvalue weighted by atomic mass is 35.5. The maximum Gasteiger partial charge on any atom is 0.304 e. The summed E-state index contributed by atoms with van der Waals surface area (Å²) in [5.41, 5.74) is 1.06. The Bertz CT molecular complexity index is 1350. The van der Waals surface area contributed by atoms with Gasteiger partial charge in [0.2, 0.25) is 0 Å². The highest BCUT2D eigenvalue weighted by molar-refractivity contribution is 7.99. The fraction of sp³-hybridized carbons (Fsp3) is 0.250. The van der Waals surface area contributed by atoms with Crippen LogP contribution in [0.5, 0.6) is 0 Å². The summed E-state index contributed by atoms with van der Waals surface area (Å²) in [6, 6.07) is 5.31. The summed E-state index contributed by atoms with van der Waals surface area (Å²) in [7, 11) is -3.78. The summed E-state index contributed by atoms with van der Waals surface area (Å²) < 4.78 is 41.2. The summed E-state index contributed by atoms with van der Waals surface area (Å²) in [5, 5.41) is 10.6. The van der Waals surface area contributed by atoms with E-state index < -0.39 is 21.6 Å². The molecule has 0 fully saturated rings. The minimum Gasteiger partial charge on any atom is -0.481 e. The predicted octanol–water partition coefficient (Wildman–Crippen LogP) is 6.26. The lowest BCUT2D eigenvalue weighted by molar-refractivity contribution is -0.137. The molecule has 4 rings (SSSR count). The Kier molecular flexibility index (Phi) is 5.98. The average Bonchev–Trinajstić information content (AvgIpc) is 3.17. The van der Waals surface area contributed by atoms with Crippen LogP contribution < -0.4 is 0 Å². The molecule has 0 spiro atoms. The molecular formula is C20H15Cl3FNO4S2. The highest BCUT2D eigenvalue weighted by Gasteiger charge is 2.34. The number of aromatic nitrogens is 1. The molecule has 0 saturated carbocycles. The Labute approximate surface area is 197 Å². The van der Waals surface area contributed by atoms with Gasteiger partial charge in [0.15, 0.2) is 9.84 Å². The highest BCUT2D eigenvalue weighted by Crippen LogP contribution is 2.50. The Hall–Kier alpha value is -1.45. The summed E-state index contributed by atoms with van der Waals surface area (Å²) in [6.07, 6.45) is 1.43. The number of carboxylic acids is 1. The quantitative estimate of drug-likeness (QED) is 0.400. The van der Waals surface area contributed by atoms with E-state index in [2.05, 4.69) is 0 Å². The lowest BCUT2D eigenvalue weighted by Gasteiger charge is -2.12. The van der Waals surface area contributed by atoms with Crippen LogP contribution >= 0.6 is 46.6 Å². The summed E-state index contributed by atoms with van der Waals surface area (Å²) in [6.45, 7) is 0.450. The fourth-order valence-corrected chi connectivity index (χ4v) is 6.90. The Balaban J connectivity index is 2.05. The molecule has 164 valence electrons. The monoisotopic (exact) mass is 521 g/mol. The minimum absolute atomic E-state index is 0.129. The maximum atomic E-state index is 14.4. The van der Waals surface area contributed by atoms with E-state index in [-0.39, 0.29) is 27.3 Å². The van der Waals surface area contributed by atoms with Gasteiger partial charge in [0.1, 0.15) is 5.82 Å². The van der Waals surface area contributed by atoms with E-state index >= 15 is 0 Å². The van der Waals surface area contributed by atoms with Gasteiger partial charge < -0.3 is 9.67 Å². The van der Waals surface area contributed by atoms with E-state index in [1.165, 1.54) is 23.9 Å². The van der Waals surface area contributed by atoms with Crippen LogP contribution in [0.2, 0.25) is 15.1 Å². The number of carbonyl (C=O) groups is 1. The van der Waals surface area contributed by atoms with Crippen molar-refractivity contribution in [2.45, 2.75) is 40.0 Å². The van der Waals surface area contributed by atoms with Crippen molar-refractivity contribution >= 4 is 73.3 Å². The van der Waals surface area contributed by atoms with Gasteiger partial charge in [0.05, 0.1) is 31.9 Å². The topological polar surface area (TPSA) is 76.4 Å². The van der Waals surface area contributed by atoms with E-state index in [1.54, 1.807) is 10.6 Å². The van der Waals surface area contributed by atoms with Gasteiger partial charge in [0, 0.05) is 39.6 Å². The minimum atomic E-state index is -3.78. The first-order valence-corrected chi connectivity index (χ1v) is 12.9. The number of nitrogens with zero attached hydrogens (tertiary/aromatic N) is 1. The van der Waals surface area contributed by atoms with Gasteiger partial charge in [-0.05, 0) is 30.7 Å². The van der Waals surface area contributed by atoms with Crippen LogP contribution in [0.25, 0.3) is 10.9 Å². The third-order valence-corrected chi connectivity index (χ3v) is 8.63. The second-order valence-electron chi connectivity index (χ2n) is 7.32. The summed E-state index contributed by atoms with van der Waals surface area (Å²) >= 11 is 19.7. The largest absolute Gasteiger partial charge is 0.481 e. The normalized spacial score (nSPS) is 16.1. The van der Waals surface area contributed by atoms with E-state index in [4.69, 9.17) is 34.8 Å². The van der Waals surface area contributed by atoms with Gasteiger partial charge in [-0.2, -0.15) is 0 Å². The van der Waals surface area contributed by atoms with Crippen molar-refractivity contribution in [2.24, 2.45) is 0 Å². The number of hydrogen-bond acceptors (Lipinski definition) is 4. The molecule has 1 aromatic heterocycles. The molecular weight excluding hydrogens is 508 g/mol. The summed E-state index contributed by atoms with van der Waals surface area (Å²) in [4.78, 5) is 12.3. The van der Waals surface area contributed by atoms with Crippen LogP contribution in [-0.2, 0) is 21.2 Å². The number of halogens is 4. The number of carboxylic acid groups (broad SMARTS) is 1. The SMILES string of the molecule is CS(=O)(=O)c1cc(F)cc2c1c(Sc1cc(Cl)c(Cl)cc1Cl)c1n2CCC1CC(=O)O. The van der Waals surface area contributed by atoms with Crippen molar-refractivity contribution in [3.8, 4) is 0 Å². The van der Waals surface area contributed by atoms with Crippen molar-refractivity contribution in [2.75, 3.05) is 6.26 Å². The molecule has 0 radical (unpaired) electrons. The Morgan fingerprint density at radius 2 is 1.87 bits per heavy atom. The van der Waals surface area contributed by atoms with E-state index in [9.17, 15) is 22.7 Å². The van der Waals surface area contributed by atoms with E-state index in [1.807, 2.05) is 0 Å². The van der Waals surface area contributed by atoms with Crippen LogP contribution in [0.15, 0.2) is 39.0 Å². The van der Waals surface area contributed by atoms with Gasteiger partial charge in [-0.25, -0.2) is 12.8 Å². The molecule has 1 unspecified atom stereocenters. The number of fused-ring (bicyclic) bond motifs is 3. The van der Waals surface area contributed by atoms with Crippen LogP contribution in [0.3, 0.4) is 0 Å². The standard InChI is InChI=1S/C20H15Cl3FNO4S2/c1-31(28,29)16-6-10(24)5-14-18(16)20(19-9(4-17(26)27)2-3-25(14)19)30-15-8-12(22)11(21)7-13(15)23/h5-9H,2-4H2,1H3,(H,26,27). The molecule has 11 heteroatoms. The van der Waals surface area contributed by atoms with Gasteiger partial charge in [-0.3, -0.25) is 4.79 Å². The van der Waals surface area contributed by atoms with Gasteiger partial charge in [-0.15, -0.1) is 0 Å². The van der Waals surface area contributed by atoms with Crippen LogP contribution in [0.1, 0.15) is 24.5 Å². The average molecular weight is 523 g/mol. The van der Waals surface area contributed by atoms with Crippen LogP contribution in [-0.4, -0.2) is 30.3 Å². The van der Waals surface area contributed by atoms with Crippen LogP contribution in [0.4, 0.5) is 4.39 Å². The molecule has 0 bridgehead atoms. The van der Waals surface area contributed by atoms with Crippen molar-refractivity contribution in [3.63, 3.8) is 0 Å². The van der Waals surface area contributed by atoms with Crippen molar-refractivity contribution in [1.29, 1.82) is 0 Å². The first kappa shape index (κ1) is 22.7. The Morgan fingerprint density at radius 3 is 2.52 bits per heavy atom. The van der Waals surface area contributed by atoms with Crippen molar-refractivity contribution in [1.82, 2.24) is 4.57 Å². The first-order chi connectivity index (χ1) is 14.5. The second kappa shape index (κ2) is 8.15. The molecule has 1 aliphatic rings. The fourth-order valence-electron chi connectivity index (χ4n) is 3.96. The molecule has 5 nitrogen and oxygen atoms in total. The second-order valence-corrected chi connectivity index (χ2v) is 11.6. The van der Waals surface area contributed by atoms with Crippen molar-refractivity contribution in [3.05, 3.63) is 50.8 Å². The molecule has 1 N–H and O–H groups in total.